The van der Waals surface area contributed by atoms with E-state index >= 15 is 0 Å². The molecule has 0 saturated carbocycles. The van der Waals surface area contributed by atoms with Crippen LogP contribution in [0.1, 0.15) is 6.23 Å². The third-order valence-corrected chi connectivity index (χ3v) is 3.15. The van der Waals surface area contributed by atoms with Gasteiger partial charge in [-0.15, -0.1) is 0 Å². The van der Waals surface area contributed by atoms with Gasteiger partial charge in [-0.3, -0.25) is 4.57 Å². The number of imidazole rings is 1. The lowest BCUT2D eigenvalue weighted by atomic mass is 10.1. The highest BCUT2D eigenvalue weighted by molar-refractivity contribution is 5.81. The molecule has 0 amide bonds. The molecule has 2 aromatic rings. The molecule has 0 spiro atoms. The average molecular weight is 280 g/mol. The Morgan fingerprint density at radius 1 is 1.30 bits per heavy atom. The zero-order chi connectivity index (χ0) is 14.3. The summed E-state index contributed by atoms with van der Waals surface area (Å²) in [5.41, 5.74) is 6.41. The Morgan fingerprint density at radius 3 is 2.85 bits per heavy atom. The molecule has 4 atom stereocenters. The maximum atomic E-state index is 10.0. The molecule has 0 aliphatic carbocycles. The standard InChI is InChI=1S/C10H12N6O4/c11-8-5-9(13-2-12-8)16(3-14-5)10-7(18)6(17)4(20-10)1-15-19/h1-4,6-7,10,17-19H,(H2,11,12,13)/b15-1+/t4-,6-,7-,10-/m0/s1. The van der Waals surface area contributed by atoms with Crippen LogP contribution in [0.2, 0.25) is 0 Å². The number of oxime groups is 1. The summed E-state index contributed by atoms with van der Waals surface area (Å²) < 4.78 is 6.87. The van der Waals surface area contributed by atoms with Crippen LogP contribution in [0.3, 0.4) is 0 Å². The summed E-state index contributed by atoms with van der Waals surface area (Å²) in [7, 11) is 0. The first kappa shape index (κ1) is 12.7. The molecular weight excluding hydrogens is 268 g/mol. The monoisotopic (exact) mass is 280 g/mol. The molecule has 0 aromatic carbocycles. The summed E-state index contributed by atoms with van der Waals surface area (Å²) in [6.07, 6.45) is -0.672. The third kappa shape index (κ3) is 1.78. The summed E-state index contributed by atoms with van der Waals surface area (Å²) in [5, 5.41) is 31.1. The molecule has 20 heavy (non-hydrogen) atoms. The van der Waals surface area contributed by atoms with E-state index in [1.165, 1.54) is 17.2 Å². The lowest BCUT2D eigenvalue weighted by Gasteiger charge is -2.16. The number of nitrogens with two attached hydrogens (primary N) is 1. The SMILES string of the molecule is Nc1ncnc2c1ncn2[C@H]1O[C@@H](/C=N/O)[C@H](O)[C@@H]1O. The molecule has 3 heterocycles. The Kier molecular flexibility index (Phi) is 2.97. The molecule has 1 aliphatic rings. The van der Waals surface area contributed by atoms with E-state index in [9.17, 15) is 10.2 Å². The number of hydrogen-bond donors (Lipinski definition) is 4. The van der Waals surface area contributed by atoms with Crippen molar-refractivity contribution in [2.75, 3.05) is 5.73 Å². The van der Waals surface area contributed by atoms with E-state index in [0.717, 1.165) is 6.21 Å². The van der Waals surface area contributed by atoms with Crippen LogP contribution in [0.4, 0.5) is 5.82 Å². The minimum atomic E-state index is -1.23. The van der Waals surface area contributed by atoms with Gasteiger partial charge in [-0.25, -0.2) is 15.0 Å². The highest BCUT2D eigenvalue weighted by Gasteiger charge is 2.43. The van der Waals surface area contributed by atoms with Gasteiger partial charge in [0.1, 0.15) is 30.2 Å². The van der Waals surface area contributed by atoms with Crippen molar-refractivity contribution in [3.05, 3.63) is 12.7 Å². The molecule has 0 unspecified atom stereocenters. The lowest BCUT2D eigenvalue weighted by molar-refractivity contribution is -0.0214. The number of ether oxygens (including phenoxy) is 1. The minimum absolute atomic E-state index is 0.204. The van der Waals surface area contributed by atoms with Crippen molar-refractivity contribution in [2.24, 2.45) is 5.16 Å². The van der Waals surface area contributed by atoms with Crippen molar-refractivity contribution in [1.29, 1.82) is 0 Å². The van der Waals surface area contributed by atoms with Crippen LogP contribution < -0.4 is 5.73 Å². The van der Waals surface area contributed by atoms with Gasteiger partial charge in [-0.2, -0.15) is 0 Å². The van der Waals surface area contributed by atoms with E-state index in [1.807, 2.05) is 0 Å². The first-order chi connectivity index (χ1) is 9.63. The molecule has 1 fully saturated rings. The van der Waals surface area contributed by atoms with Crippen LogP contribution in [0, 0.1) is 0 Å². The second kappa shape index (κ2) is 4.67. The molecule has 2 aromatic heterocycles. The fraction of sp³-hybridized carbons (Fsp3) is 0.400. The molecular formula is C10H12N6O4. The van der Waals surface area contributed by atoms with Crippen molar-refractivity contribution in [3.63, 3.8) is 0 Å². The Morgan fingerprint density at radius 2 is 2.10 bits per heavy atom. The highest BCUT2D eigenvalue weighted by atomic mass is 16.6. The summed E-state index contributed by atoms with van der Waals surface area (Å²) in [6, 6.07) is 0. The Bertz CT molecular complexity index is 658. The van der Waals surface area contributed by atoms with Crippen molar-refractivity contribution < 1.29 is 20.2 Å². The topological polar surface area (TPSA) is 152 Å². The number of rotatable bonds is 2. The van der Waals surface area contributed by atoms with Crippen LogP contribution >= 0.6 is 0 Å². The van der Waals surface area contributed by atoms with Crippen LogP contribution in [-0.4, -0.2) is 59.5 Å². The number of anilines is 1. The second-order valence-electron chi connectivity index (χ2n) is 4.32. The van der Waals surface area contributed by atoms with Gasteiger partial charge in [-0.05, 0) is 0 Å². The predicted molar refractivity (Wildman–Crippen MR) is 65.9 cm³/mol. The number of fused-ring (bicyclic) bond motifs is 1. The Balaban J connectivity index is 2.02. The number of aliphatic hydroxyl groups excluding tert-OH is 2. The van der Waals surface area contributed by atoms with E-state index in [1.54, 1.807) is 0 Å². The molecule has 0 bridgehead atoms. The zero-order valence-corrected chi connectivity index (χ0v) is 10.1. The van der Waals surface area contributed by atoms with Gasteiger partial charge in [0.2, 0.25) is 0 Å². The first-order valence-corrected chi connectivity index (χ1v) is 5.75. The van der Waals surface area contributed by atoms with Gasteiger partial charge < -0.3 is 25.9 Å². The highest BCUT2D eigenvalue weighted by Crippen LogP contribution is 2.31. The average Bonchev–Trinajstić information content (AvgIpc) is 2.97. The van der Waals surface area contributed by atoms with Crippen LogP contribution in [-0.2, 0) is 4.74 Å². The molecule has 5 N–H and O–H groups in total. The largest absolute Gasteiger partial charge is 0.411 e. The van der Waals surface area contributed by atoms with Gasteiger partial charge in [0.05, 0.1) is 12.5 Å². The smallest absolute Gasteiger partial charge is 0.167 e. The fourth-order valence-corrected chi connectivity index (χ4v) is 2.16. The number of hydrogen-bond acceptors (Lipinski definition) is 9. The second-order valence-corrected chi connectivity index (χ2v) is 4.32. The van der Waals surface area contributed by atoms with Crippen LogP contribution in [0.15, 0.2) is 17.8 Å². The van der Waals surface area contributed by atoms with Crippen LogP contribution in [0.5, 0.6) is 0 Å². The Labute approximate surface area is 112 Å². The van der Waals surface area contributed by atoms with Gasteiger partial charge in [0, 0.05) is 0 Å². The summed E-state index contributed by atoms with van der Waals surface area (Å²) >= 11 is 0. The third-order valence-electron chi connectivity index (χ3n) is 3.15. The fourth-order valence-electron chi connectivity index (χ4n) is 2.16. The number of aliphatic hydroxyl groups is 2. The van der Waals surface area contributed by atoms with E-state index in [0.29, 0.717) is 11.2 Å². The van der Waals surface area contributed by atoms with Crippen molar-refractivity contribution in [2.45, 2.75) is 24.5 Å². The summed E-state index contributed by atoms with van der Waals surface area (Å²) in [6.45, 7) is 0. The van der Waals surface area contributed by atoms with Crippen LogP contribution in [0.25, 0.3) is 11.2 Å². The number of nitrogen functional groups attached to an aromatic ring is 1. The first-order valence-electron chi connectivity index (χ1n) is 5.75. The molecule has 0 radical (unpaired) electrons. The lowest BCUT2D eigenvalue weighted by Crippen LogP contribution is -2.32. The molecule has 1 saturated heterocycles. The van der Waals surface area contributed by atoms with Crippen molar-refractivity contribution in [3.8, 4) is 0 Å². The van der Waals surface area contributed by atoms with Gasteiger partial charge in [0.25, 0.3) is 0 Å². The molecule has 3 rings (SSSR count). The van der Waals surface area contributed by atoms with E-state index in [2.05, 4.69) is 20.1 Å². The zero-order valence-electron chi connectivity index (χ0n) is 10.1. The van der Waals surface area contributed by atoms with Gasteiger partial charge in [0.15, 0.2) is 17.7 Å². The quantitative estimate of drug-likeness (QED) is 0.294. The molecule has 106 valence electrons. The van der Waals surface area contributed by atoms with E-state index in [4.69, 9.17) is 15.7 Å². The van der Waals surface area contributed by atoms with Crippen molar-refractivity contribution >= 4 is 23.2 Å². The normalized spacial score (nSPS) is 30.5. The summed E-state index contributed by atoms with van der Waals surface area (Å²) in [4.78, 5) is 11.9. The Hall–Kier alpha value is -2.30. The van der Waals surface area contributed by atoms with Crippen molar-refractivity contribution in [1.82, 2.24) is 19.5 Å². The van der Waals surface area contributed by atoms with E-state index in [-0.39, 0.29) is 5.82 Å². The molecule has 10 heteroatoms. The van der Waals surface area contributed by atoms with E-state index < -0.39 is 24.5 Å². The maximum absolute atomic E-state index is 10.0. The summed E-state index contributed by atoms with van der Waals surface area (Å²) in [5.74, 6) is 0.204. The van der Waals surface area contributed by atoms with Gasteiger partial charge >= 0.3 is 0 Å². The number of nitrogens with zero attached hydrogens (tertiary/aromatic N) is 5. The molecule has 1 aliphatic heterocycles. The maximum Gasteiger partial charge on any atom is 0.167 e. The molecule has 10 nitrogen and oxygen atoms in total. The minimum Gasteiger partial charge on any atom is -0.411 e. The predicted octanol–water partition coefficient (Wildman–Crippen LogP) is -1.51. The number of aromatic nitrogens is 4. The van der Waals surface area contributed by atoms with Gasteiger partial charge in [-0.1, -0.05) is 5.16 Å².